The van der Waals surface area contributed by atoms with Crippen molar-refractivity contribution in [3.63, 3.8) is 0 Å². The van der Waals surface area contributed by atoms with Crippen LogP contribution in [-0.2, 0) is 40.7 Å². The van der Waals surface area contributed by atoms with Crippen molar-refractivity contribution < 1.29 is 46.5 Å². The molecule has 6 nitrogen and oxygen atoms in total. The summed E-state index contributed by atoms with van der Waals surface area (Å²) in [6.07, 6.45) is 4.38. The second-order valence-corrected chi connectivity index (χ2v) is 11.7. The first-order valence-corrected chi connectivity index (χ1v) is 15.4. The molecule has 0 aromatic heterocycles. The largest absolute Gasteiger partial charge is 0.325 e. The van der Waals surface area contributed by atoms with Crippen LogP contribution >= 0.6 is 13.4 Å². The molecule has 0 atom stereocenters. The van der Waals surface area contributed by atoms with Gasteiger partial charge in [-0.3, -0.25) is 0 Å². The minimum Gasteiger partial charge on any atom is -0.325 e. The van der Waals surface area contributed by atoms with Crippen LogP contribution < -0.4 is 0 Å². The minimum atomic E-state index is -3.81. The topological polar surface area (TPSA) is 121 Å². The minimum absolute atomic E-state index is 0.0551. The summed E-state index contributed by atoms with van der Waals surface area (Å²) in [6.45, 7) is -5.34. The van der Waals surface area contributed by atoms with E-state index in [1.807, 2.05) is 0 Å². The Labute approximate surface area is 120 Å². The second-order valence-electron chi connectivity index (χ2n) is 3.09. The standard InChI is InChI=1S/C5H11.CH3.2H3O3PS.Zn/c1-3-5-4-2;;2*1-4(2,3)5;/h1,3-5H2,2H3;1H3;2*(H3,1,2,3,5);. The average Bonchev–Trinajstić information content (AvgIpc) is 1.99. The Balaban J connectivity index is -0.000000177. The van der Waals surface area contributed by atoms with Crippen LogP contribution in [0, 0.1) is 0 Å². The number of hydrogen-bond acceptors (Lipinski definition) is 2. The summed E-state index contributed by atoms with van der Waals surface area (Å²) in [5.41, 5.74) is 2.43. The molecule has 0 aromatic rings. The fraction of sp³-hybridized carbons (Fsp3) is 1.00. The van der Waals surface area contributed by atoms with Crippen molar-refractivity contribution in [1.82, 2.24) is 0 Å². The van der Waals surface area contributed by atoms with E-state index in [0.717, 1.165) is 0 Å². The molecule has 104 valence electrons. The molecule has 0 bridgehead atoms. The predicted molar refractivity (Wildman–Crippen MR) is 72.1 cm³/mol. The Kier molecular flexibility index (Phi) is 19.7. The van der Waals surface area contributed by atoms with Crippen LogP contribution in [0.25, 0.3) is 0 Å². The van der Waals surface area contributed by atoms with Gasteiger partial charge in [0, 0.05) is 0 Å². The number of rotatable bonds is 4. The van der Waals surface area contributed by atoms with Crippen LogP contribution in [-0.4, -0.2) is 29.4 Å². The zero-order valence-corrected chi connectivity index (χ0v) is 16.3. The Morgan fingerprint density at radius 2 is 1.18 bits per heavy atom. The molecule has 0 aliphatic carbocycles. The molecule has 0 aliphatic heterocycles. The van der Waals surface area contributed by atoms with E-state index < -0.39 is 13.4 Å². The van der Waals surface area contributed by atoms with Gasteiger partial charge in [-0.2, -0.15) is 0 Å². The molecule has 0 radical (unpaired) electrons. The van der Waals surface area contributed by atoms with Crippen molar-refractivity contribution in [2.24, 2.45) is 0 Å². The van der Waals surface area contributed by atoms with Gasteiger partial charge in [-0.1, -0.05) is 0 Å². The second kappa shape index (κ2) is 14.1. The van der Waals surface area contributed by atoms with E-state index in [2.05, 4.69) is 36.1 Å². The van der Waals surface area contributed by atoms with E-state index in [-0.39, 0.29) is 17.1 Å². The molecule has 0 fully saturated rings. The zero-order chi connectivity index (χ0) is 14.5. The van der Waals surface area contributed by atoms with Gasteiger partial charge in [0.05, 0.1) is 0 Å². The molecule has 0 saturated carbocycles. The molecule has 0 heterocycles. The molecule has 0 spiro atoms. The van der Waals surface area contributed by atoms with Crippen molar-refractivity contribution >= 4 is 37.1 Å². The van der Waals surface area contributed by atoms with Crippen molar-refractivity contribution in [2.45, 2.75) is 36.7 Å². The van der Waals surface area contributed by atoms with E-state index >= 15 is 0 Å². The first-order chi connectivity index (χ1) is 7.41. The Morgan fingerprint density at radius 3 is 1.35 bits per heavy atom. The molecule has 0 rings (SSSR count). The number of unbranched alkanes of at least 4 members (excludes halogenated alkanes) is 2. The maximum Gasteiger partial charge on any atom is 0.319 e. The maximum atomic E-state index is 7.56. The zero-order valence-electron chi connectivity index (χ0n) is 9.93. The van der Waals surface area contributed by atoms with Gasteiger partial charge in [-0.25, -0.2) is 0 Å². The van der Waals surface area contributed by atoms with Crippen LogP contribution in [0.15, 0.2) is 0 Å². The fourth-order valence-corrected chi connectivity index (χ4v) is 2.47. The van der Waals surface area contributed by atoms with Crippen LogP contribution in [0.5, 0.6) is 0 Å². The Morgan fingerprint density at radius 1 is 0.882 bits per heavy atom. The SMILES string of the molecule is CCCC[CH2][Zn][CH3].OP(O)(O)=S.OP(O)(O)=S. The summed E-state index contributed by atoms with van der Waals surface area (Å²) in [7, 11) is 0. The molecule has 0 unspecified atom stereocenters. The van der Waals surface area contributed by atoms with Gasteiger partial charge in [0.1, 0.15) is 0 Å². The van der Waals surface area contributed by atoms with E-state index in [9.17, 15) is 0 Å². The van der Waals surface area contributed by atoms with Gasteiger partial charge < -0.3 is 29.4 Å². The maximum absolute atomic E-state index is 7.56. The van der Waals surface area contributed by atoms with Gasteiger partial charge in [-0.05, 0) is 23.6 Å². The third-order valence-electron chi connectivity index (χ3n) is 1.21. The van der Waals surface area contributed by atoms with Gasteiger partial charge >= 0.3 is 67.3 Å². The molecular weight excluding hydrogens is 360 g/mol. The quantitative estimate of drug-likeness (QED) is 0.244. The van der Waals surface area contributed by atoms with E-state index in [1.54, 1.807) is 5.02 Å². The Hall–Kier alpha value is 1.68. The summed E-state index contributed by atoms with van der Waals surface area (Å²) in [6, 6.07) is 0. The first-order valence-electron chi connectivity index (χ1n) is 4.98. The van der Waals surface area contributed by atoms with Crippen LogP contribution in [0.2, 0.25) is 10.5 Å². The average molecular weight is 380 g/mol. The van der Waals surface area contributed by atoms with Gasteiger partial charge in [0.25, 0.3) is 0 Å². The van der Waals surface area contributed by atoms with E-state index in [1.165, 1.54) is 19.3 Å². The van der Waals surface area contributed by atoms with Crippen molar-refractivity contribution in [3.8, 4) is 0 Å². The summed E-state index contributed by atoms with van der Waals surface area (Å²) >= 11 is 7.26. The molecule has 6 N–H and O–H groups in total. The van der Waals surface area contributed by atoms with Crippen molar-refractivity contribution in [1.29, 1.82) is 0 Å². The van der Waals surface area contributed by atoms with Gasteiger partial charge in [-0.15, -0.1) is 0 Å². The molecule has 0 saturated heterocycles. The molecule has 17 heavy (non-hydrogen) atoms. The first kappa shape index (κ1) is 23.8. The smallest absolute Gasteiger partial charge is 0.319 e. The van der Waals surface area contributed by atoms with Gasteiger partial charge in [0.15, 0.2) is 0 Å². The predicted octanol–water partition coefficient (Wildman–Crippen LogP) is 1.10. The molecular formula is C6H20O6P2S2Zn. The van der Waals surface area contributed by atoms with E-state index in [4.69, 9.17) is 29.4 Å². The van der Waals surface area contributed by atoms with E-state index in [0.29, 0.717) is 0 Å². The fourth-order valence-electron chi connectivity index (χ4n) is 0.677. The molecule has 0 amide bonds. The van der Waals surface area contributed by atoms with Crippen molar-refractivity contribution in [2.75, 3.05) is 0 Å². The van der Waals surface area contributed by atoms with Gasteiger partial charge in [0.2, 0.25) is 0 Å². The molecule has 0 aromatic carbocycles. The molecule has 11 heteroatoms. The summed E-state index contributed by atoms with van der Waals surface area (Å²) in [5.74, 6) is 0. The third-order valence-corrected chi connectivity index (χ3v) is 3.74. The monoisotopic (exact) mass is 378 g/mol. The third kappa shape index (κ3) is 135. The summed E-state index contributed by atoms with van der Waals surface area (Å²) < 4.78 is 0. The number of hydrogen-bond donors (Lipinski definition) is 6. The van der Waals surface area contributed by atoms with Crippen LogP contribution in [0.4, 0.5) is 0 Å². The molecule has 0 aliphatic rings. The Bertz CT molecular complexity index is 202. The van der Waals surface area contributed by atoms with Crippen molar-refractivity contribution in [3.05, 3.63) is 0 Å². The summed E-state index contributed by atoms with van der Waals surface area (Å²) in [4.78, 5) is 45.3. The van der Waals surface area contributed by atoms with Crippen LogP contribution in [0.1, 0.15) is 26.2 Å². The summed E-state index contributed by atoms with van der Waals surface area (Å²) in [5, 5.41) is 1.61. The normalized spacial score (nSPS) is 10.4. The van der Waals surface area contributed by atoms with Crippen LogP contribution in [0.3, 0.4) is 0 Å².